The standard InChI is InChI=1S/C16H17BrN2OS.ClH/c17-14-6-7-21-15(14)16(20)19-9-12(8-18)13(10-19)11-4-2-1-3-5-11;/h1-7,12-13H,8-10,18H2;1H/t12-,13+;/m1./s1. The van der Waals surface area contributed by atoms with Crippen molar-refractivity contribution < 1.29 is 4.79 Å². The van der Waals surface area contributed by atoms with E-state index in [1.165, 1.54) is 16.9 Å². The van der Waals surface area contributed by atoms with Crippen molar-refractivity contribution >= 4 is 45.6 Å². The van der Waals surface area contributed by atoms with Crippen LogP contribution in [0.25, 0.3) is 0 Å². The molecule has 0 aliphatic carbocycles. The third-order valence-corrected chi connectivity index (χ3v) is 5.90. The van der Waals surface area contributed by atoms with Crippen molar-refractivity contribution in [2.45, 2.75) is 5.92 Å². The van der Waals surface area contributed by atoms with Crippen molar-refractivity contribution in [2.75, 3.05) is 19.6 Å². The van der Waals surface area contributed by atoms with Crippen LogP contribution in [0, 0.1) is 5.92 Å². The van der Waals surface area contributed by atoms with Gasteiger partial charge >= 0.3 is 0 Å². The van der Waals surface area contributed by atoms with Crippen LogP contribution in [0.4, 0.5) is 0 Å². The van der Waals surface area contributed by atoms with Gasteiger partial charge in [-0.15, -0.1) is 23.7 Å². The summed E-state index contributed by atoms with van der Waals surface area (Å²) in [6.45, 7) is 2.09. The third kappa shape index (κ3) is 3.38. The van der Waals surface area contributed by atoms with Crippen LogP contribution >= 0.6 is 39.7 Å². The molecule has 1 aromatic carbocycles. The summed E-state index contributed by atoms with van der Waals surface area (Å²) in [6, 6.07) is 12.3. The minimum atomic E-state index is 0. The van der Waals surface area contributed by atoms with Crippen molar-refractivity contribution in [3.8, 4) is 0 Å². The van der Waals surface area contributed by atoms with Gasteiger partial charge in [0, 0.05) is 23.5 Å². The van der Waals surface area contributed by atoms with Crippen LogP contribution in [0.15, 0.2) is 46.3 Å². The maximum atomic E-state index is 12.6. The molecule has 1 saturated heterocycles. The van der Waals surface area contributed by atoms with E-state index in [0.29, 0.717) is 18.4 Å². The van der Waals surface area contributed by atoms with Crippen molar-refractivity contribution in [1.82, 2.24) is 4.90 Å². The van der Waals surface area contributed by atoms with E-state index in [0.717, 1.165) is 22.4 Å². The molecule has 0 saturated carbocycles. The Morgan fingerprint density at radius 1 is 1.27 bits per heavy atom. The van der Waals surface area contributed by atoms with Gasteiger partial charge in [0.15, 0.2) is 0 Å². The first-order chi connectivity index (χ1) is 10.2. The van der Waals surface area contributed by atoms with Crippen LogP contribution in [-0.4, -0.2) is 30.4 Å². The first kappa shape index (κ1) is 17.5. The zero-order chi connectivity index (χ0) is 14.8. The van der Waals surface area contributed by atoms with E-state index in [9.17, 15) is 4.79 Å². The lowest BCUT2D eigenvalue weighted by molar-refractivity contribution is 0.0790. The number of benzene rings is 1. The molecule has 6 heteroatoms. The largest absolute Gasteiger partial charge is 0.337 e. The van der Waals surface area contributed by atoms with Gasteiger partial charge in [-0.3, -0.25) is 4.79 Å². The Balaban J connectivity index is 0.00000176. The molecule has 3 rings (SSSR count). The minimum Gasteiger partial charge on any atom is -0.337 e. The molecular formula is C16H18BrClN2OS. The Bertz CT molecular complexity index is 634. The normalized spacial score (nSPS) is 20.7. The van der Waals surface area contributed by atoms with Gasteiger partial charge in [-0.05, 0) is 45.4 Å². The van der Waals surface area contributed by atoms with Crippen LogP contribution in [0.5, 0.6) is 0 Å². The molecule has 2 aromatic rings. The molecule has 3 nitrogen and oxygen atoms in total. The number of thiophene rings is 1. The average molecular weight is 402 g/mol. The molecule has 0 radical (unpaired) electrons. The summed E-state index contributed by atoms with van der Waals surface area (Å²) in [6.07, 6.45) is 0. The van der Waals surface area contributed by atoms with Gasteiger partial charge < -0.3 is 10.6 Å². The maximum Gasteiger partial charge on any atom is 0.265 e. The van der Waals surface area contributed by atoms with Crippen molar-refractivity contribution in [2.24, 2.45) is 11.7 Å². The van der Waals surface area contributed by atoms with Crippen molar-refractivity contribution in [3.05, 3.63) is 56.7 Å². The lowest BCUT2D eigenvalue weighted by Crippen LogP contribution is -2.29. The molecule has 1 aliphatic rings. The number of rotatable bonds is 3. The van der Waals surface area contributed by atoms with E-state index < -0.39 is 0 Å². The number of halogens is 2. The van der Waals surface area contributed by atoms with Crippen LogP contribution < -0.4 is 5.73 Å². The van der Waals surface area contributed by atoms with Crippen molar-refractivity contribution in [1.29, 1.82) is 0 Å². The Morgan fingerprint density at radius 3 is 2.59 bits per heavy atom. The van der Waals surface area contributed by atoms with Gasteiger partial charge in [0.2, 0.25) is 0 Å². The highest BCUT2D eigenvalue weighted by Crippen LogP contribution is 2.34. The van der Waals surface area contributed by atoms with Gasteiger partial charge in [-0.25, -0.2) is 0 Å². The SMILES string of the molecule is Cl.NC[C@@H]1CN(C(=O)c2sccc2Br)C[C@H]1c1ccccc1. The highest BCUT2D eigenvalue weighted by atomic mass is 79.9. The fourth-order valence-corrected chi connectivity index (χ4v) is 4.45. The number of hydrogen-bond acceptors (Lipinski definition) is 3. The van der Waals surface area contributed by atoms with E-state index in [1.54, 1.807) is 0 Å². The second-order valence-corrected chi connectivity index (χ2v) is 7.09. The van der Waals surface area contributed by atoms with Crippen LogP contribution in [0.2, 0.25) is 0 Å². The highest BCUT2D eigenvalue weighted by molar-refractivity contribution is 9.10. The number of carbonyl (C=O) groups is 1. The second kappa shape index (κ2) is 7.59. The number of hydrogen-bond donors (Lipinski definition) is 1. The quantitative estimate of drug-likeness (QED) is 0.851. The molecule has 2 atom stereocenters. The molecule has 22 heavy (non-hydrogen) atoms. The Kier molecular flexibility index (Phi) is 6.03. The van der Waals surface area contributed by atoms with Gasteiger partial charge in [-0.1, -0.05) is 30.3 Å². The number of carbonyl (C=O) groups excluding carboxylic acids is 1. The lowest BCUT2D eigenvalue weighted by atomic mass is 9.89. The topological polar surface area (TPSA) is 46.3 Å². The van der Waals surface area contributed by atoms with Crippen LogP contribution in [0.1, 0.15) is 21.2 Å². The molecule has 1 amide bonds. The summed E-state index contributed by atoms with van der Waals surface area (Å²) in [7, 11) is 0. The van der Waals surface area contributed by atoms with E-state index in [-0.39, 0.29) is 18.3 Å². The molecule has 0 bridgehead atoms. The molecular weight excluding hydrogens is 384 g/mol. The summed E-state index contributed by atoms with van der Waals surface area (Å²) in [5.74, 6) is 0.766. The second-order valence-electron chi connectivity index (χ2n) is 5.32. The predicted molar refractivity (Wildman–Crippen MR) is 96.9 cm³/mol. The number of amides is 1. The summed E-state index contributed by atoms with van der Waals surface area (Å²) in [5, 5.41) is 1.93. The Morgan fingerprint density at radius 2 is 2.00 bits per heavy atom. The van der Waals surface area contributed by atoms with Gasteiger partial charge in [0.25, 0.3) is 5.91 Å². The fraction of sp³-hybridized carbons (Fsp3) is 0.312. The highest BCUT2D eigenvalue weighted by Gasteiger charge is 2.36. The smallest absolute Gasteiger partial charge is 0.265 e. The van der Waals surface area contributed by atoms with E-state index in [4.69, 9.17) is 5.73 Å². The third-order valence-electron chi connectivity index (χ3n) is 4.07. The average Bonchev–Trinajstić information content (AvgIpc) is 3.13. The van der Waals surface area contributed by atoms with Gasteiger partial charge in [0.05, 0.1) is 0 Å². The van der Waals surface area contributed by atoms with Crippen molar-refractivity contribution in [3.63, 3.8) is 0 Å². The van der Waals surface area contributed by atoms with Gasteiger partial charge in [-0.2, -0.15) is 0 Å². The number of nitrogens with zero attached hydrogens (tertiary/aromatic N) is 1. The fourth-order valence-electron chi connectivity index (χ4n) is 2.94. The minimum absolute atomic E-state index is 0. The van der Waals surface area contributed by atoms with Crippen LogP contribution in [0.3, 0.4) is 0 Å². The molecule has 1 fully saturated rings. The summed E-state index contributed by atoms with van der Waals surface area (Å²) >= 11 is 4.93. The molecule has 2 heterocycles. The first-order valence-electron chi connectivity index (χ1n) is 6.98. The van der Waals surface area contributed by atoms with E-state index in [2.05, 4.69) is 28.1 Å². The van der Waals surface area contributed by atoms with Crippen LogP contribution in [-0.2, 0) is 0 Å². The van der Waals surface area contributed by atoms with E-state index in [1.807, 2.05) is 34.5 Å². The molecule has 118 valence electrons. The zero-order valence-corrected chi connectivity index (χ0v) is 15.2. The lowest BCUT2D eigenvalue weighted by Gasteiger charge is -2.16. The first-order valence-corrected chi connectivity index (χ1v) is 8.65. The molecule has 2 N–H and O–H groups in total. The zero-order valence-electron chi connectivity index (χ0n) is 11.9. The van der Waals surface area contributed by atoms with E-state index >= 15 is 0 Å². The Labute approximate surface area is 149 Å². The molecule has 1 aliphatic heterocycles. The summed E-state index contributed by atoms with van der Waals surface area (Å²) in [5.41, 5.74) is 7.20. The molecule has 0 spiro atoms. The Hall–Kier alpha value is -0.880. The molecule has 0 unspecified atom stereocenters. The monoisotopic (exact) mass is 400 g/mol. The molecule has 1 aromatic heterocycles. The summed E-state index contributed by atoms with van der Waals surface area (Å²) in [4.78, 5) is 15.3. The predicted octanol–water partition coefficient (Wildman–Crippen LogP) is 3.75. The number of nitrogens with two attached hydrogens (primary N) is 1. The van der Waals surface area contributed by atoms with Gasteiger partial charge in [0.1, 0.15) is 4.88 Å². The maximum absolute atomic E-state index is 12.6. The summed E-state index contributed by atoms with van der Waals surface area (Å²) < 4.78 is 0.880. The number of likely N-dealkylation sites (tertiary alicyclic amines) is 1.